The summed E-state index contributed by atoms with van der Waals surface area (Å²) in [6.07, 6.45) is -1.12. The Bertz CT molecular complexity index is 1880. The molecule has 0 aromatic heterocycles. The predicted molar refractivity (Wildman–Crippen MR) is 213 cm³/mol. The summed E-state index contributed by atoms with van der Waals surface area (Å²) < 4.78 is 48.5. The molecule has 7 N–H and O–H groups in total. The van der Waals surface area contributed by atoms with Crippen LogP contribution in [0.25, 0.3) is 0 Å². The molecule has 0 bridgehead atoms. The van der Waals surface area contributed by atoms with E-state index in [1.165, 1.54) is 44.9 Å². The predicted octanol–water partition coefficient (Wildman–Crippen LogP) is 2.40. The molecule has 1 fully saturated rings. The summed E-state index contributed by atoms with van der Waals surface area (Å²) in [7, 11) is -10.8. The number of aliphatic hydroxyl groups is 4. The van der Waals surface area contributed by atoms with E-state index in [1.807, 2.05) is 0 Å². The van der Waals surface area contributed by atoms with Gasteiger partial charge in [-0.05, 0) is 84.4 Å². The number of esters is 2. The van der Waals surface area contributed by atoms with Crippen molar-refractivity contribution < 1.29 is 76.9 Å². The molecule has 1 aliphatic carbocycles. The standard InChI is InChI=1S/C41H52O16P2/c1-3-5-7-9-11-13-15-17-19-21-23-25-27-29-34(42)53-31-33(55-35(43)30-28-26-24-22-20-18-16-14-12-10-8-6-4-2)32-54-59(51,52)57-41-38(46)36(44)37(45)40(39(41)47)56-58(48,49)50/h33,36-41,44-47H,4,6,8,10,12,14,16,18,20,22,24,26,28,30-32H2,1-2H3,(H,51,52)(H2,48,49,50)/t33-,36?,37-,38-,39?,40+,41?/m0/s1. The number of ether oxygens (including phenoxy) is 2. The molecule has 8 atom stereocenters. The van der Waals surface area contributed by atoms with E-state index in [0.717, 1.165) is 32.1 Å². The van der Waals surface area contributed by atoms with E-state index in [1.54, 1.807) is 6.92 Å². The van der Waals surface area contributed by atoms with Crippen LogP contribution in [0, 0.1) is 82.9 Å². The summed E-state index contributed by atoms with van der Waals surface area (Å²) in [6.45, 7) is 2.15. The largest absolute Gasteiger partial charge is 0.472 e. The number of carbonyl (C=O) groups excluding carboxylic acids is 2. The van der Waals surface area contributed by atoms with E-state index in [2.05, 4.69) is 94.3 Å². The van der Waals surface area contributed by atoms with Crippen LogP contribution in [0.15, 0.2) is 0 Å². The third kappa shape index (κ3) is 25.9. The third-order valence-electron chi connectivity index (χ3n) is 8.14. The fourth-order valence-corrected chi connectivity index (χ4v) is 6.80. The minimum absolute atomic E-state index is 0.0350. The van der Waals surface area contributed by atoms with Crippen molar-refractivity contribution in [3.63, 3.8) is 0 Å². The van der Waals surface area contributed by atoms with Crippen LogP contribution in [0.1, 0.15) is 104 Å². The number of phosphoric acid groups is 2. The summed E-state index contributed by atoms with van der Waals surface area (Å²) in [5, 5.41) is 41.0. The van der Waals surface area contributed by atoms with Crippen LogP contribution in [0.3, 0.4) is 0 Å². The molecule has 59 heavy (non-hydrogen) atoms. The molecule has 0 heterocycles. The first-order valence-electron chi connectivity index (χ1n) is 19.0. The van der Waals surface area contributed by atoms with Crippen LogP contribution in [0.5, 0.6) is 0 Å². The van der Waals surface area contributed by atoms with Gasteiger partial charge in [-0.25, -0.2) is 13.9 Å². The second kappa shape index (κ2) is 30.9. The lowest BCUT2D eigenvalue weighted by molar-refractivity contribution is -0.216. The monoisotopic (exact) mass is 862 g/mol. The van der Waals surface area contributed by atoms with E-state index in [4.69, 9.17) is 28.3 Å². The smallest absolute Gasteiger partial charge is 0.456 e. The minimum Gasteiger partial charge on any atom is -0.456 e. The first kappa shape index (κ1) is 52.9. The van der Waals surface area contributed by atoms with Gasteiger partial charge >= 0.3 is 27.6 Å². The Labute approximate surface area is 346 Å². The molecule has 322 valence electrons. The highest BCUT2D eigenvalue weighted by molar-refractivity contribution is 7.47. The summed E-state index contributed by atoms with van der Waals surface area (Å²) in [5.41, 5.74) is 0. The Morgan fingerprint density at radius 3 is 1.49 bits per heavy atom. The third-order valence-corrected chi connectivity index (χ3v) is 9.65. The molecule has 18 heteroatoms. The van der Waals surface area contributed by atoms with Gasteiger partial charge in [0.2, 0.25) is 0 Å². The number of unbranched alkanes of at least 4 members (excludes halogenated alkanes) is 12. The van der Waals surface area contributed by atoms with Crippen LogP contribution in [-0.2, 0) is 41.8 Å². The maximum Gasteiger partial charge on any atom is 0.472 e. The number of carbonyl (C=O) groups is 2. The fraction of sp³-hybridized carbons (Fsp3) is 0.610. The van der Waals surface area contributed by atoms with E-state index in [-0.39, 0.29) is 6.42 Å². The highest BCUT2D eigenvalue weighted by atomic mass is 31.2. The van der Waals surface area contributed by atoms with Crippen molar-refractivity contribution >= 4 is 27.6 Å². The average Bonchev–Trinajstić information content (AvgIpc) is 3.18. The maximum absolute atomic E-state index is 12.9. The molecule has 0 aromatic rings. The van der Waals surface area contributed by atoms with Gasteiger partial charge in [0.05, 0.1) is 6.61 Å². The Morgan fingerprint density at radius 2 is 1.02 bits per heavy atom. The van der Waals surface area contributed by atoms with Crippen LogP contribution < -0.4 is 0 Å². The fourth-order valence-electron chi connectivity index (χ4n) is 5.26. The number of aliphatic hydroxyl groups excluding tert-OH is 4. The molecule has 0 amide bonds. The van der Waals surface area contributed by atoms with Gasteiger partial charge in [0.1, 0.15) is 43.2 Å². The Morgan fingerprint density at radius 1 is 0.576 bits per heavy atom. The summed E-state index contributed by atoms with van der Waals surface area (Å²) in [6, 6.07) is 0. The molecule has 0 spiro atoms. The van der Waals surface area contributed by atoms with Gasteiger partial charge in [0.15, 0.2) is 6.10 Å². The Kier molecular flexibility index (Phi) is 27.7. The minimum atomic E-state index is -5.39. The first-order valence-corrected chi connectivity index (χ1v) is 22.0. The number of phosphoric ester groups is 2. The number of hydrogen-bond acceptors (Lipinski definition) is 13. The van der Waals surface area contributed by atoms with Crippen molar-refractivity contribution in [3.8, 4) is 82.9 Å². The topological polar surface area (TPSA) is 256 Å². The lowest BCUT2D eigenvalue weighted by atomic mass is 9.85. The molecule has 0 saturated heterocycles. The lowest BCUT2D eigenvalue weighted by Gasteiger charge is -2.43. The van der Waals surface area contributed by atoms with Gasteiger partial charge in [-0.2, -0.15) is 0 Å². The number of rotatable bonds is 24. The SMILES string of the molecule is CC#CC#CC#CC#CC#CC#CC#CC(=O)OC[C@@H](COP(=O)(O)OC1C(O)[C@H](OP(=O)(O)O)[C@@H](O)C(O)[C@@H]1O)OC(=O)CCCCCCCCCCCCCCC. The van der Waals surface area contributed by atoms with Gasteiger partial charge < -0.3 is 44.6 Å². The van der Waals surface area contributed by atoms with E-state index in [9.17, 15) is 44.0 Å². The second-order valence-electron chi connectivity index (χ2n) is 12.9. The molecule has 0 radical (unpaired) electrons. The Balaban J connectivity index is 2.84. The zero-order chi connectivity index (χ0) is 43.9. The maximum atomic E-state index is 12.9. The van der Waals surface area contributed by atoms with Crippen LogP contribution in [0.2, 0.25) is 0 Å². The van der Waals surface area contributed by atoms with E-state index in [0.29, 0.717) is 6.42 Å². The number of hydrogen-bond donors (Lipinski definition) is 7. The van der Waals surface area contributed by atoms with Gasteiger partial charge in [0, 0.05) is 12.3 Å². The average molecular weight is 863 g/mol. The molecular weight excluding hydrogens is 810 g/mol. The zero-order valence-corrected chi connectivity index (χ0v) is 34.8. The zero-order valence-electron chi connectivity index (χ0n) is 33.1. The van der Waals surface area contributed by atoms with Gasteiger partial charge in [-0.1, -0.05) is 89.9 Å². The van der Waals surface area contributed by atoms with Gasteiger partial charge in [0.25, 0.3) is 0 Å². The molecule has 1 saturated carbocycles. The summed E-state index contributed by atoms with van der Waals surface area (Å²) in [5.74, 6) is 31.5. The van der Waals surface area contributed by atoms with Crippen molar-refractivity contribution in [2.24, 2.45) is 0 Å². The van der Waals surface area contributed by atoms with Gasteiger partial charge in [-0.3, -0.25) is 18.4 Å². The van der Waals surface area contributed by atoms with Crippen molar-refractivity contribution in [2.75, 3.05) is 13.2 Å². The molecule has 1 aliphatic rings. The normalized spacial score (nSPS) is 20.6. The molecule has 0 aromatic carbocycles. The van der Waals surface area contributed by atoms with Crippen molar-refractivity contribution in [2.45, 2.75) is 146 Å². The van der Waals surface area contributed by atoms with E-state index >= 15 is 0 Å². The van der Waals surface area contributed by atoms with Crippen molar-refractivity contribution in [1.82, 2.24) is 0 Å². The van der Waals surface area contributed by atoms with Crippen molar-refractivity contribution in [3.05, 3.63) is 0 Å². The van der Waals surface area contributed by atoms with E-state index < -0.39 is 83.5 Å². The van der Waals surface area contributed by atoms with Crippen LogP contribution >= 0.6 is 15.6 Å². The summed E-state index contributed by atoms with van der Waals surface area (Å²) >= 11 is 0. The molecule has 16 nitrogen and oxygen atoms in total. The molecule has 1 rings (SSSR count). The molecule has 4 unspecified atom stereocenters. The summed E-state index contributed by atoms with van der Waals surface area (Å²) in [4.78, 5) is 53.5. The quantitative estimate of drug-likeness (QED) is 0.0242. The highest BCUT2D eigenvalue weighted by Crippen LogP contribution is 2.49. The van der Waals surface area contributed by atoms with Crippen molar-refractivity contribution in [1.29, 1.82) is 0 Å². The van der Waals surface area contributed by atoms with Crippen LogP contribution in [0.4, 0.5) is 0 Å². The van der Waals surface area contributed by atoms with Crippen LogP contribution in [-0.4, -0.2) is 103 Å². The highest BCUT2D eigenvalue weighted by Gasteiger charge is 2.54. The Hall–Kier alpha value is -4.08. The first-order chi connectivity index (χ1) is 28.1. The molecular formula is C41H52O16P2. The molecule has 0 aliphatic heterocycles. The van der Waals surface area contributed by atoms with Gasteiger partial charge in [-0.15, -0.1) is 0 Å². The lowest BCUT2D eigenvalue weighted by Crippen LogP contribution is -2.64. The second-order valence-corrected chi connectivity index (χ2v) is 15.5.